The molecule has 2 fully saturated rings. The van der Waals surface area contributed by atoms with Gasteiger partial charge in [-0.15, -0.1) is 0 Å². The van der Waals surface area contributed by atoms with Crippen LogP contribution in [0, 0.1) is 11.8 Å². The van der Waals surface area contributed by atoms with Gasteiger partial charge in [-0.2, -0.15) is 0 Å². The van der Waals surface area contributed by atoms with E-state index in [9.17, 15) is 34.5 Å². The highest BCUT2D eigenvalue weighted by Crippen LogP contribution is 2.37. The maximum absolute atomic E-state index is 13.3. The van der Waals surface area contributed by atoms with Gasteiger partial charge >= 0.3 is 17.9 Å². The van der Waals surface area contributed by atoms with Gasteiger partial charge in [-0.25, -0.2) is 0 Å². The second-order valence-electron chi connectivity index (χ2n) is 15.5. The van der Waals surface area contributed by atoms with E-state index in [0.29, 0.717) is 12.7 Å². The van der Waals surface area contributed by atoms with Crippen molar-refractivity contribution in [2.45, 2.75) is 166 Å². The van der Waals surface area contributed by atoms with E-state index in [1.807, 2.05) is 6.92 Å². The Morgan fingerprint density at radius 1 is 0.982 bits per heavy atom. The summed E-state index contributed by atoms with van der Waals surface area (Å²) in [5.74, 6) is -2.97. The molecule has 3 heterocycles. The first-order valence-electron chi connectivity index (χ1n) is 19.0. The number of cyclic esters (lactones) is 1. The minimum atomic E-state index is -1.49. The molecule has 2 saturated heterocycles. The van der Waals surface area contributed by atoms with Crippen LogP contribution in [0.5, 0.6) is 0 Å². The van der Waals surface area contributed by atoms with Crippen LogP contribution in [0.4, 0.5) is 0 Å². The predicted molar refractivity (Wildman–Crippen MR) is 196 cm³/mol. The van der Waals surface area contributed by atoms with Crippen molar-refractivity contribution in [1.82, 2.24) is 4.90 Å². The molecule has 3 aliphatic rings. The second-order valence-corrected chi connectivity index (χ2v) is 15.5. The van der Waals surface area contributed by atoms with Crippen LogP contribution in [-0.4, -0.2) is 151 Å². The highest BCUT2D eigenvalue weighted by atomic mass is 16.7. The number of hydrogen-bond acceptors (Lipinski definition) is 16. The van der Waals surface area contributed by atoms with E-state index in [0.717, 1.165) is 0 Å². The third-order valence-electron chi connectivity index (χ3n) is 10.4. The van der Waals surface area contributed by atoms with Crippen LogP contribution in [0.25, 0.3) is 0 Å². The summed E-state index contributed by atoms with van der Waals surface area (Å²) in [7, 11) is 4.84. The summed E-state index contributed by atoms with van der Waals surface area (Å²) < 4.78 is 48.2. The predicted octanol–water partition coefficient (Wildman–Crippen LogP) is 1.99. The molecule has 0 aromatic carbocycles. The molecule has 16 nitrogen and oxygen atoms in total. The number of ether oxygens (including phenoxy) is 8. The number of aliphatic hydroxyl groups excluding tert-OH is 2. The number of aldehydes is 1. The Balaban J connectivity index is 2.08. The monoisotopic (exact) mass is 785 g/mol. The van der Waals surface area contributed by atoms with Gasteiger partial charge in [-0.3, -0.25) is 14.4 Å². The Kier molecular flexibility index (Phi) is 17.9. The van der Waals surface area contributed by atoms with E-state index in [4.69, 9.17) is 37.9 Å². The first kappa shape index (κ1) is 46.6. The van der Waals surface area contributed by atoms with E-state index in [2.05, 4.69) is 0 Å². The van der Waals surface area contributed by atoms with E-state index in [1.165, 1.54) is 27.9 Å². The van der Waals surface area contributed by atoms with Crippen molar-refractivity contribution in [3.05, 3.63) is 24.3 Å². The maximum Gasteiger partial charge on any atom is 0.309 e. The van der Waals surface area contributed by atoms with Crippen LogP contribution in [-0.2, 0) is 57.1 Å². The summed E-state index contributed by atoms with van der Waals surface area (Å²) >= 11 is 0. The molecule has 0 bridgehead atoms. The number of methoxy groups -OCH3 is 1. The fraction of sp³-hybridized carbons (Fsp3) is 0.795. The molecule has 16 atom stereocenters. The fourth-order valence-corrected chi connectivity index (χ4v) is 7.68. The Labute approximate surface area is 324 Å². The Morgan fingerprint density at radius 3 is 2.24 bits per heavy atom. The van der Waals surface area contributed by atoms with E-state index in [1.54, 1.807) is 64.1 Å². The van der Waals surface area contributed by atoms with Gasteiger partial charge in [0.15, 0.2) is 12.6 Å². The van der Waals surface area contributed by atoms with E-state index in [-0.39, 0.29) is 25.2 Å². The van der Waals surface area contributed by atoms with Crippen molar-refractivity contribution in [3.63, 3.8) is 0 Å². The lowest BCUT2D eigenvalue weighted by Gasteiger charge is -2.50. The standard InChI is InChI=1S/C39H63NO15/c1-21-18-27(16-17-41)35(36(48-10)29(53-26(6)43)19-30(44)49-22(2)14-12-11-13-15-28(21)52-25(5)42)55-38-33(45)32(40(8)9)34(23(3)51-38)54-31-20-39(7,47)37(46)24(4)50-31/h11-13,15,17,21-24,27-29,31-38,45-47H,14,16,18-20H2,1-10H3/b12-11+,15-13+/t21-,22-,23-,24+,27+,28+,29-,31+,32-,33-,34-,35+,36+,37+,38+,39-/m1/s1. The fourth-order valence-electron chi connectivity index (χ4n) is 7.68. The van der Waals surface area contributed by atoms with Gasteiger partial charge in [-0.05, 0) is 66.1 Å². The normalized spacial score (nSPS) is 42.1. The van der Waals surface area contributed by atoms with Gasteiger partial charge in [0.25, 0.3) is 0 Å². The molecule has 0 unspecified atom stereocenters. The van der Waals surface area contributed by atoms with Crippen molar-refractivity contribution in [1.29, 1.82) is 0 Å². The van der Waals surface area contributed by atoms with Crippen molar-refractivity contribution in [2.24, 2.45) is 11.8 Å². The number of rotatable bonds is 10. The molecule has 3 N–H and O–H groups in total. The van der Waals surface area contributed by atoms with Crippen molar-refractivity contribution < 1.29 is 72.4 Å². The van der Waals surface area contributed by atoms with Gasteiger partial charge in [0.05, 0.1) is 36.4 Å². The largest absolute Gasteiger partial charge is 0.462 e. The number of carbonyl (C=O) groups is 4. The molecule has 3 rings (SSSR count). The lowest BCUT2D eigenvalue weighted by Crippen LogP contribution is -2.65. The zero-order valence-corrected chi connectivity index (χ0v) is 33.8. The van der Waals surface area contributed by atoms with Gasteiger partial charge in [0, 0.05) is 40.2 Å². The van der Waals surface area contributed by atoms with Gasteiger partial charge in [0.1, 0.15) is 49.0 Å². The molecule has 314 valence electrons. The van der Waals surface area contributed by atoms with Crippen LogP contribution in [0.2, 0.25) is 0 Å². The van der Waals surface area contributed by atoms with Crippen molar-refractivity contribution >= 4 is 24.2 Å². The van der Waals surface area contributed by atoms with E-state index >= 15 is 0 Å². The quantitative estimate of drug-likeness (QED) is 0.165. The third-order valence-corrected chi connectivity index (χ3v) is 10.4. The Bertz CT molecular complexity index is 1320. The van der Waals surface area contributed by atoms with Crippen LogP contribution in [0.3, 0.4) is 0 Å². The smallest absolute Gasteiger partial charge is 0.309 e. The molecule has 0 aromatic heterocycles. The lowest BCUT2D eigenvalue weighted by molar-refractivity contribution is -0.344. The van der Waals surface area contributed by atoms with Crippen LogP contribution >= 0.6 is 0 Å². The van der Waals surface area contributed by atoms with Gasteiger partial charge < -0.3 is 62.9 Å². The summed E-state index contributed by atoms with van der Waals surface area (Å²) in [6, 6.07) is -0.771. The minimum Gasteiger partial charge on any atom is -0.462 e. The third kappa shape index (κ3) is 13.1. The van der Waals surface area contributed by atoms with Crippen molar-refractivity contribution in [3.8, 4) is 0 Å². The Morgan fingerprint density at radius 2 is 1.65 bits per heavy atom. The zero-order valence-electron chi connectivity index (χ0n) is 33.8. The molecule has 3 aliphatic heterocycles. The molecule has 0 aromatic rings. The second kappa shape index (κ2) is 21.1. The molecular formula is C39H63NO15. The summed E-state index contributed by atoms with van der Waals surface area (Å²) in [6.45, 7) is 10.9. The van der Waals surface area contributed by atoms with Crippen LogP contribution in [0.1, 0.15) is 80.6 Å². The summed E-state index contributed by atoms with van der Waals surface area (Å²) in [5, 5.41) is 33.3. The molecule has 0 radical (unpaired) electrons. The highest BCUT2D eigenvalue weighted by molar-refractivity contribution is 5.72. The number of carbonyl (C=O) groups excluding carboxylic acids is 4. The number of likely N-dealkylation sites (N-methyl/N-ethyl adjacent to an activating group) is 1. The first-order chi connectivity index (χ1) is 25.8. The van der Waals surface area contributed by atoms with Crippen molar-refractivity contribution in [2.75, 3.05) is 21.2 Å². The SMILES string of the molecule is CO[C@@H]1[C@@H](O[C@@H]2O[C@H](C)[C@@H](O[C@H]3C[C@@](C)(O)[C@@H](O)[C@H](C)O3)[C@H](N(C)C)[C@H]2O)[C@@H](CC=O)C[C@@H](C)[C@@H](OC(C)=O)/C=C/C=C/C[C@@H](C)OC(=O)C[C@H]1OC(C)=O. The molecule has 0 amide bonds. The minimum absolute atomic E-state index is 0.0420. The van der Waals surface area contributed by atoms with Gasteiger partial charge in [0.2, 0.25) is 0 Å². The maximum atomic E-state index is 13.3. The first-order valence-corrected chi connectivity index (χ1v) is 19.0. The molecule has 0 saturated carbocycles. The summed E-state index contributed by atoms with van der Waals surface area (Å²) in [4.78, 5) is 52.0. The zero-order chi connectivity index (χ0) is 41.2. The lowest BCUT2D eigenvalue weighted by atomic mass is 9.82. The highest BCUT2D eigenvalue weighted by Gasteiger charge is 2.52. The molecule has 16 heteroatoms. The van der Waals surface area contributed by atoms with Gasteiger partial charge in [-0.1, -0.05) is 25.2 Å². The van der Waals surface area contributed by atoms with Crippen LogP contribution < -0.4 is 0 Å². The van der Waals surface area contributed by atoms with Crippen LogP contribution in [0.15, 0.2) is 24.3 Å². The summed E-state index contributed by atoms with van der Waals surface area (Å²) in [6.07, 6.45) is -4.21. The molecule has 55 heavy (non-hydrogen) atoms. The van der Waals surface area contributed by atoms with E-state index < -0.39 is 116 Å². The number of hydrogen-bond donors (Lipinski definition) is 3. The number of allylic oxidation sites excluding steroid dienone is 2. The number of nitrogens with zero attached hydrogens (tertiary/aromatic N) is 1. The number of esters is 3. The Hall–Kier alpha value is -2.80. The summed E-state index contributed by atoms with van der Waals surface area (Å²) in [5.41, 5.74) is -1.49. The molecule has 0 spiro atoms. The molecular weight excluding hydrogens is 722 g/mol. The topological polar surface area (TPSA) is 206 Å². The number of aliphatic hydroxyl groups is 3. The molecule has 0 aliphatic carbocycles. The average molecular weight is 786 g/mol. The average Bonchev–Trinajstić information content (AvgIpc) is 3.06.